The first kappa shape index (κ1) is 17.8. The third kappa shape index (κ3) is 3.66. The van der Waals surface area contributed by atoms with Gasteiger partial charge in [0.1, 0.15) is 0 Å². The number of hydrazine groups is 1. The van der Waals surface area contributed by atoms with Gasteiger partial charge in [-0.1, -0.05) is 65.8 Å². The lowest BCUT2D eigenvalue weighted by molar-refractivity contribution is 0.369. The van der Waals surface area contributed by atoms with E-state index in [0.717, 1.165) is 0 Å². The van der Waals surface area contributed by atoms with Crippen LogP contribution in [0.25, 0.3) is 12.4 Å². The van der Waals surface area contributed by atoms with Gasteiger partial charge < -0.3 is 0 Å². The molecule has 0 aromatic heterocycles. The van der Waals surface area contributed by atoms with Crippen LogP contribution in [0.4, 0.5) is 0 Å². The highest BCUT2D eigenvalue weighted by atomic mass is 31.1. The molecule has 2 atom stereocenters. The molecule has 2 rings (SSSR count). The predicted molar refractivity (Wildman–Crippen MR) is 103 cm³/mol. The summed E-state index contributed by atoms with van der Waals surface area (Å²) < 4.78 is 5.04. The van der Waals surface area contributed by atoms with Gasteiger partial charge in [0, 0.05) is 49.3 Å². The Labute approximate surface area is 138 Å². The van der Waals surface area contributed by atoms with Gasteiger partial charge in [0.2, 0.25) is 0 Å². The third-order valence-corrected chi connectivity index (χ3v) is 10.1. The number of nitrogens with zero attached hydrogens (tertiary/aromatic N) is 2. The van der Waals surface area contributed by atoms with Gasteiger partial charge in [-0.2, -0.15) is 0 Å². The Morgan fingerprint density at radius 1 is 0.682 bits per heavy atom. The smallest absolute Gasteiger partial charge is 0.0335 e. The molecular formula is C18H30N2P2. The van der Waals surface area contributed by atoms with Gasteiger partial charge in [-0.15, -0.1) is 0 Å². The van der Waals surface area contributed by atoms with Crippen LogP contribution in [0.5, 0.6) is 0 Å². The molecule has 4 heteroatoms. The lowest BCUT2D eigenvalue weighted by atomic mass is 10.2. The van der Waals surface area contributed by atoms with Crippen LogP contribution >= 0.6 is 16.1 Å². The molecule has 1 aliphatic heterocycles. The van der Waals surface area contributed by atoms with Crippen molar-refractivity contribution < 1.29 is 0 Å². The molecule has 1 aliphatic rings. The largest absolute Gasteiger partial charge is 0.269 e. The number of benzene rings is 1. The van der Waals surface area contributed by atoms with Crippen molar-refractivity contribution in [2.24, 2.45) is 0 Å². The zero-order valence-corrected chi connectivity index (χ0v) is 17.0. The van der Waals surface area contributed by atoms with E-state index in [9.17, 15) is 0 Å². The lowest BCUT2D eigenvalue weighted by Gasteiger charge is -2.49. The number of hydrogen-bond acceptors (Lipinski definition) is 2. The normalized spacial score (nSPS) is 18.2. The van der Waals surface area contributed by atoms with Gasteiger partial charge in [0.05, 0.1) is 0 Å². The number of hydrogen-bond donors (Lipinski definition) is 0. The Kier molecular flexibility index (Phi) is 4.96. The van der Waals surface area contributed by atoms with Crippen LogP contribution in [-0.2, 0) is 0 Å². The molecule has 0 fully saturated rings. The van der Waals surface area contributed by atoms with Crippen LogP contribution in [0.1, 0.15) is 41.5 Å². The van der Waals surface area contributed by atoms with Gasteiger partial charge in [-0.25, -0.2) is 0 Å². The maximum Gasteiger partial charge on any atom is 0.0335 e. The van der Waals surface area contributed by atoms with Crippen LogP contribution in [0.2, 0.25) is 0 Å². The van der Waals surface area contributed by atoms with Crippen LogP contribution in [-0.4, -0.2) is 33.2 Å². The van der Waals surface area contributed by atoms with Crippen LogP contribution in [0.15, 0.2) is 24.3 Å². The number of fused-ring (bicyclic) bond motifs is 1. The minimum Gasteiger partial charge on any atom is -0.269 e. The van der Waals surface area contributed by atoms with Crippen molar-refractivity contribution in [2.75, 3.05) is 13.3 Å². The summed E-state index contributed by atoms with van der Waals surface area (Å²) in [5.74, 6) is 0. The first-order valence-corrected chi connectivity index (χ1v) is 11.3. The minimum atomic E-state index is -0.294. The standard InChI is InChI=1S/C18H30N2P2/c1-17(2,3)21(7)19-13-15-11-9-10-12-16(15)14-20(19)22(8)18(4,5)6/h9-14H,1-8H3. The second-order valence-corrected chi connectivity index (χ2v) is 13.5. The van der Waals surface area contributed by atoms with Crippen LogP contribution in [0, 0.1) is 0 Å². The average Bonchev–Trinajstić information content (AvgIpc) is 2.42. The van der Waals surface area contributed by atoms with E-state index < -0.39 is 0 Å². The van der Waals surface area contributed by atoms with Crippen LogP contribution in [0.3, 0.4) is 0 Å². The van der Waals surface area contributed by atoms with Crippen molar-refractivity contribution in [3.63, 3.8) is 0 Å². The fourth-order valence-corrected chi connectivity index (χ4v) is 5.37. The molecular weight excluding hydrogens is 306 g/mol. The molecule has 0 radical (unpaired) electrons. The van der Waals surface area contributed by atoms with Crippen molar-refractivity contribution in [1.82, 2.24) is 9.56 Å². The number of rotatable bonds is 2. The summed E-state index contributed by atoms with van der Waals surface area (Å²) in [7, 11) is -0.589. The molecule has 2 nitrogen and oxygen atoms in total. The highest BCUT2D eigenvalue weighted by Gasteiger charge is 2.34. The van der Waals surface area contributed by atoms with Gasteiger partial charge in [0.25, 0.3) is 0 Å². The van der Waals surface area contributed by atoms with Gasteiger partial charge >= 0.3 is 0 Å². The molecule has 0 saturated carbocycles. The van der Waals surface area contributed by atoms with E-state index in [-0.39, 0.29) is 26.5 Å². The average molecular weight is 336 g/mol. The second kappa shape index (κ2) is 6.14. The van der Waals surface area contributed by atoms with E-state index in [1.54, 1.807) is 0 Å². The molecule has 122 valence electrons. The Bertz CT molecular complexity index is 583. The summed E-state index contributed by atoms with van der Waals surface area (Å²) >= 11 is 0. The fraction of sp³-hybridized carbons (Fsp3) is 0.556. The zero-order valence-electron chi connectivity index (χ0n) is 15.3. The minimum absolute atomic E-state index is 0.290. The highest BCUT2D eigenvalue weighted by molar-refractivity contribution is 7.59. The molecule has 1 heterocycles. The highest BCUT2D eigenvalue weighted by Crippen LogP contribution is 2.59. The lowest BCUT2D eigenvalue weighted by Crippen LogP contribution is -2.43. The van der Waals surface area contributed by atoms with Crippen molar-refractivity contribution in [3.8, 4) is 0 Å². The van der Waals surface area contributed by atoms with Gasteiger partial charge in [0.15, 0.2) is 0 Å². The third-order valence-electron chi connectivity index (χ3n) is 4.27. The molecule has 1 aromatic rings. The maximum absolute atomic E-state index is 2.52. The molecule has 1 aromatic carbocycles. The molecule has 2 unspecified atom stereocenters. The molecule has 22 heavy (non-hydrogen) atoms. The van der Waals surface area contributed by atoms with Crippen molar-refractivity contribution in [3.05, 3.63) is 34.7 Å². The monoisotopic (exact) mass is 336 g/mol. The summed E-state index contributed by atoms with van der Waals surface area (Å²) in [6, 6.07) is 8.70. The van der Waals surface area contributed by atoms with Crippen LogP contribution < -0.4 is 10.4 Å². The second-order valence-electron chi connectivity index (χ2n) is 7.92. The first-order valence-electron chi connectivity index (χ1n) is 7.86. The van der Waals surface area contributed by atoms with E-state index in [2.05, 4.69) is 101 Å². The maximum atomic E-state index is 2.52. The first-order chi connectivity index (χ1) is 10.0. The quantitative estimate of drug-likeness (QED) is 0.741. The Hall–Kier alpha value is -0.580. The molecule has 0 aliphatic carbocycles. The van der Waals surface area contributed by atoms with Gasteiger partial charge in [-0.3, -0.25) is 9.56 Å². The zero-order chi connectivity index (χ0) is 16.7. The molecule has 0 N–H and O–H groups in total. The van der Waals surface area contributed by atoms with E-state index in [1.807, 2.05) is 0 Å². The van der Waals surface area contributed by atoms with Crippen molar-refractivity contribution >= 4 is 28.5 Å². The fourth-order valence-electron chi connectivity index (χ4n) is 2.18. The summed E-state index contributed by atoms with van der Waals surface area (Å²) in [6.07, 6.45) is 4.72. The SMILES string of the molecule is CP(N1C=c2ccccc2=CN1P(C)C(C)(C)C)C(C)(C)C. The van der Waals surface area contributed by atoms with Crippen molar-refractivity contribution in [2.45, 2.75) is 51.9 Å². The Morgan fingerprint density at radius 3 is 1.27 bits per heavy atom. The summed E-state index contributed by atoms with van der Waals surface area (Å²) in [5, 5.41) is 3.24. The summed E-state index contributed by atoms with van der Waals surface area (Å²) in [5.41, 5.74) is 0. The summed E-state index contributed by atoms with van der Waals surface area (Å²) in [6.45, 7) is 18.9. The molecule has 0 saturated heterocycles. The Balaban J connectivity index is 2.55. The van der Waals surface area contributed by atoms with E-state index in [4.69, 9.17) is 0 Å². The van der Waals surface area contributed by atoms with E-state index in [1.165, 1.54) is 10.4 Å². The topological polar surface area (TPSA) is 6.48 Å². The summed E-state index contributed by atoms with van der Waals surface area (Å²) in [4.78, 5) is 0. The predicted octanol–water partition coefficient (Wildman–Crippen LogP) is 4.35. The van der Waals surface area contributed by atoms with Crippen molar-refractivity contribution in [1.29, 1.82) is 0 Å². The molecule has 0 amide bonds. The van der Waals surface area contributed by atoms with Gasteiger partial charge in [-0.05, 0) is 13.3 Å². The van der Waals surface area contributed by atoms with E-state index >= 15 is 0 Å². The molecule has 0 bridgehead atoms. The molecule has 0 spiro atoms. The Morgan fingerprint density at radius 2 is 1.00 bits per heavy atom. The van der Waals surface area contributed by atoms with E-state index in [0.29, 0.717) is 0 Å².